The number of methoxy groups -OCH3 is 1. The Morgan fingerprint density at radius 3 is 2.75 bits per heavy atom. The highest BCUT2D eigenvalue weighted by molar-refractivity contribution is 9.10. The van der Waals surface area contributed by atoms with Crippen LogP contribution < -0.4 is 4.74 Å². The molecule has 0 N–H and O–H groups in total. The van der Waals surface area contributed by atoms with Gasteiger partial charge in [-0.05, 0) is 26.0 Å². The van der Waals surface area contributed by atoms with E-state index < -0.39 is 10.9 Å². The molecule has 0 saturated carbocycles. The first kappa shape index (κ1) is 18.8. The Morgan fingerprint density at radius 1 is 1.46 bits per heavy atom. The summed E-state index contributed by atoms with van der Waals surface area (Å²) < 4.78 is 11.8. The second-order valence-electron chi connectivity index (χ2n) is 4.55. The Labute approximate surface area is 155 Å². The molecular weight excluding hydrogens is 418 g/mol. The molecule has 2 rings (SSSR count). The molecule has 0 bridgehead atoms. The van der Waals surface area contributed by atoms with Crippen molar-refractivity contribution in [2.24, 2.45) is 0 Å². The second-order valence-corrected chi connectivity index (χ2v) is 8.00. The summed E-state index contributed by atoms with van der Waals surface area (Å²) >= 11 is 5.85. The molecule has 1 aromatic heterocycles. The zero-order chi connectivity index (χ0) is 17.9. The Bertz CT molecular complexity index is 790. The Kier molecular flexibility index (Phi) is 6.25. The fraction of sp³-hybridized carbons (Fsp3) is 0.267. The van der Waals surface area contributed by atoms with Gasteiger partial charge >= 0.3 is 5.97 Å². The van der Waals surface area contributed by atoms with Crippen LogP contribution >= 0.6 is 39.0 Å². The largest absolute Gasteiger partial charge is 0.494 e. The molecule has 2 aromatic rings. The van der Waals surface area contributed by atoms with Gasteiger partial charge in [-0.2, -0.15) is 0 Å². The lowest BCUT2D eigenvalue weighted by molar-refractivity contribution is -0.387. The molecular formula is C15H14BrNO5S2. The van der Waals surface area contributed by atoms with Crippen LogP contribution in [0, 0.1) is 17.0 Å². The molecule has 0 unspecified atom stereocenters. The lowest BCUT2D eigenvalue weighted by Crippen LogP contribution is -2.06. The lowest BCUT2D eigenvalue weighted by Gasteiger charge is -2.07. The van der Waals surface area contributed by atoms with Gasteiger partial charge in [-0.1, -0.05) is 27.7 Å². The number of carbonyl (C=O) groups excluding carboxylic acids is 1. The number of benzene rings is 1. The lowest BCUT2D eigenvalue weighted by atomic mass is 10.2. The fourth-order valence-electron chi connectivity index (χ4n) is 2.01. The van der Waals surface area contributed by atoms with Gasteiger partial charge in [-0.25, -0.2) is 4.79 Å². The van der Waals surface area contributed by atoms with Gasteiger partial charge in [0.15, 0.2) is 5.75 Å². The molecule has 0 spiro atoms. The Hall–Kier alpha value is -1.58. The predicted molar refractivity (Wildman–Crippen MR) is 96.5 cm³/mol. The smallest absolute Gasteiger partial charge is 0.343 e. The molecule has 24 heavy (non-hydrogen) atoms. The minimum atomic E-state index is -0.460. The summed E-state index contributed by atoms with van der Waals surface area (Å²) in [7, 11) is 1.46. The van der Waals surface area contributed by atoms with Gasteiger partial charge in [0, 0.05) is 15.4 Å². The second kappa shape index (κ2) is 8.00. The number of esters is 1. The minimum absolute atomic E-state index is 0.00556. The molecule has 0 amide bonds. The number of nitro benzene ring substituents is 1. The molecule has 6 nitrogen and oxygen atoms in total. The number of nitro groups is 1. The van der Waals surface area contributed by atoms with Crippen LogP contribution in [0.2, 0.25) is 0 Å². The van der Waals surface area contributed by atoms with E-state index in [0.29, 0.717) is 20.4 Å². The normalized spacial score (nSPS) is 10.5. The molecule has 1 aromatic carbocycles. The summed E-state index contributed by atoms with van der Waals surface area (Å²) in [5.41, 5.74) is 0.360. The third-order valence-electron chi connectivity index (χ3n) is 3.02. The van der Waals surface area contributed by atoms with Crippen molar-refractivity contribution in [3.8, 4) is 5.75 Å². The number of thiophene rings is 1. The van der Waals surface area contributed by atoms with Crippen molar-refractivity contribution < 1.29 is 19.2 Å². The molecule has 9 heteroatoms. The van der Waals surface area contributed by atoms with Crippen molar-refractivity contribution in [2.45, 2.75) is 23.0 Å². The van der Waals surface area contributed by atoms with Gasteiger partial charge in [0.05, 0.1) is 23.5 Å². The predicted octanol–water partition coefficient (Wildman–Crippen LogP) is 5.06. The summed E-state index contributed by atoms with van der Waals surface area (Å²) in [4.78, 5) is 24.1. The molecule has 0 aliphatic rings. The van der Waals surface area contributed by atoms with E-state index in [1.165, 1.54) is 36.3 Å². The summed E-state index contributed by atoms with van der Waals surface area (Å²) in [6, 6.07) is 4.72. The summed E-state index contributed by atoms with van der Waals surface area (Å²) in [5.74, 6) is -0.0751. The van der Waals surface area contributed by atoms with Crippen molar-refractivity contribution >= 4 is 50.7 Å². The van der Waals surface area contributed by atoms with Gasteiger partial charge in [0.2, 0.25) is 0 Å². The maximum Gasteiger partial charge on any atom is 0.343 e. The van der Waals surface area contributed by atoms with Crippen molar-refractivity contribution in [3.05, 3.63) is 43.2 Å². The van der Waals surface area contributed by atoms with E-state index in [9.17, 15) is 14.9 Å². The minimum Gasteiger partial charge on any atom is -0.494 e. The molecule has 0 fully saturated rings. The van der Waals surface area contributed by atoms with Gasteiger partial charge in [0.25, 0.3) is 5.69 Å². The van der Waals surface area contributed by atoms with E-state index >= 15 is 0 Å². The maximum atomic E-state index is 12.1. The Morgan fingerprint density at radius 2 is 2.17 bits per heavy atom. The fourth-order valence-corrected chi connectivity index (χ4v) is 5.08. The quantitative estimate of drug-likeness (QED) is 0.361. The molecule has 1 heterocycles. The molecule has 0 atom stereocenters. The van der Waals surface area contributed by atoms with E-state index in [0.717, 1.165) is 9.35 Å². The molecule has 0 aliphatic carbocycles. The molecule has 0 radical (unpaired) electrons. The van der Waals surface area contributed by atoms with Crippen LogP contribution in [0.4, 0.5) is 5.69 Å². The van der Waals surface area contributed by atoms with E-state index in [4.69, 9.17) is 9.47 Å². The van der Waals surface area contributed by atoms with Crippen molar-refractivity contribution in [1.82, 2.24) is 0 Å². The van der Waals surface area contributed by atoms with Gasteiger partial charge in [-0.3, -0.25) is 10.1 Å². The number of aryl methyl sites for hydroxylation is 1. The van der Waals surface area contributed by atoms with Crippen molar-refractivity contribution in [1.29, 1.82) is 0 Å². The van der Waals surface area contributed by atoms with Gasteiger partial charge in [-0.15, -0.1) is 11.3 Å². The van der Waals surface area contributed by atoms with Crippen molar-refractivity contribution in [2.75, 3.05) is 13.7 Å². The molecule has 0 aliphatic heterocycles. The first-order valence-corrected chi connectivity index (χ1v) is 9.27. The SMILES string of the molecule is CCOC(=O)c1c(C)sc(Sc2cc(Br)ccc2[N+](=O)[O-])c1OC. The number of nitrogens with zero attached hydrogens (tertiary/aromatic N) is 1. The van der Waals surface area contributed by atoms with E-state index in [-0.39, 0.29) is 12.3 Å². The van der Waals surface area contributed by atoms with E-state index in [2.05, 4.69) is 15.9 Å². The number of rotatable bonds is 6. The van der Waals surface area contributed by atoms with Gasteiger partial charge in [0.1, 0.15) is 9.77 Å². The van der Waals surface area contributed by atoms with Crippen LogP contribution in [0.5, 0.6) is 5.75 Å². The summed E-state index contributed by atoms with van der Waals surface area (Å²) in [6.45, 7) is 3.78. The van der Waals surface area contributed by atoms with Crippen LogP contribution in [0.1, 0.15) is 22.2 Å². The standard InChI is InChI=1S/C15H14BrNO5S2/c1-4-22-14(18)12-8(2)23-15(13(12)21-3)24-11-7-9(16)5-6-10(11)17(19)20/h5-7H,4H2,1-3H3. The first-order chi connectivity index (χ1) is 11.4. The zero-order valence-corrected chi connectivity index (χ0v) is 16.3. The van der Waals surface area contributed by atoms with Crippen LogP contribution in [0.3, 0.4) is 0 Å². The molecule has 0 saturated heterocycles. The number of halogens is 1. The van der Waals surface area contributed by atoms with E-state index in [1.807, 2.05) is 0 Å². The number of hydrogen-bond donors (Lipinski definition) is 0. The third kappa shape index (κ3) is 3.90. The average Bonchev–Trinajstić information content (AvgIpc) is 2.82. The van der Waals surface area contributed by atoms with Crippen molar-refractivity contribution in [3.63, 3.8) is 0 Å². The number of hydrogen-bond acceptors (Lipinski definition) is 7. The van der Waals surface area contributed by atoms with Gasteiger partial charge < -0.3 is 9.47 Å². The summed E-state index contributed by atoms with van der Waals surface area (Å²) in [6.07, 6.45) is 0. The number of ether oxygens (including phenoxy) is 2. The maximum absolute atomic E-state index is 12.1. The van der Waals surface area contributed by atoms with Crippen LogP contribution in [-0.2, 0) is 4.74 Å². The summed E-state index contributed by atoms with van der Waals surface area (Å²) in [5, 5.41) is 11.2. The van der Waals surface area contributed by atoms with Crippen LogP contribution in [0.15, 0.2) is 31.8 Å². The monoisotopic (exact) mass is 431 g/mol. The molecule has 128 valence electrons. The van der Waals surface area contributed by atoms with E-state index in [1.54, 1.807) is 26.0 Å². The first-order valence-electron chi connectivity index (χ1n) is 6.85. The number of carbonyl (C=O) groups is 1. The van der Waals surface area contributed by atoms with Crippen LogP contribution in [-0.4, -0.2) is 24.6 Å². The topological polar surface area (TPSA) is 78.7 Å². The van der Waals surface area contributed by atoms with Crippen LogP contribution in [0.25, 0.3) is 0 Å². The highest BCUT2D eigenvalue weighted by atomic mass is 79.9. The zero-order valence-electron chi connectivity index (χ0n) is 13.1. The third-order valence-corrected chi connectivity index (χ3v) is 5.81. The Balaban J connectivity index is 2.48. The highest BCUT2D eigenvalue weighted by Crippen LogP contribution is 2.47. The average molecular weight is 432 g/mol. The highest BCUT2D eigenvalue weighted by Gasteiger charge is 2.26.